The van der Waals surface area contributed by atoms with Crippen molar-refractivity contribution < 1.29 is 0 Å². The zero-order chi connectivity index (χ0) is 14.4. The standard InChI is InChI=1S/C17H23N3/c1-4-7-13-8-10-14(11-9-13)15-12-17(18-6-3)20-16(5-2)19-15/h8-12H,4-7H2,1-3H3,(H,18,19,20). The van der Waals surface area contributed by atoms with Gasteiger partial charge in [0.25, 0.3) is 0 Å². The minimum Gasteiger partial charge on any atom is -0.370 e. The van der Waals surface area contributed by atoms with Gasteiger partial charge < -0.3 is 5.32 Å². The number of rotatable bonds is 6. The maximum Gasteiger partial charge on any atom is 0.131 e. The Morgan fingerprint density at radius 3 is 2.35 bits per heavy atom. The fraction of sp³-hybridized carbons (Fsp3) is 0.412. The Labute approximate surface area is 121 Å². The lowest BCUT2D eigenvalue weighted by Crippen LogP contribution is -2.04. The molecule has 1 aromatic carbocycles. The molecule has 3 heteroatoms. The van der Waals surface area contributed by atoms with Gasteiger partial charge in [0.05, 0.1) is 5.69 Å². The molecule has 0 saturated carbocycles. The molecular formula is C17H23N3. The van der Waals surface area contributed by atoms with Gasteiger partial charge in [-0.1, -0.05) is 44.5 Å². The molecule has 0 radical (unpaired) electrons. The molecule has 20 heavy (non-hydrogen) atoms. The SMILES string of the molecule is CCCc1ccc(-c2cc(NCC)nc(CC)n2)cc1. The lowest BCUT2D eigenvalue weighted by atomic mass is 10.1. The van der Waals surface area contributed by atoms with E-state index in [1.54, 1.807) is 0 Å². The van der Waals surface area contributed by atoms with Gasteiger partial charge in [0.2, 0.25) is 0 Å². The summed E-state index contributed by atoms with van der Waals surface area (Å²) in [5.74, 6) is 1.79. The van der Waals surface area contributed by atoms with E-state index in [2.05, 4.69) is 60.3 Å². The highest BCUT2D eigenvalue weighted by Crippen LogP contribution is 2.21. The van der Waals surface area contributed by atoms with Crippen molar-refractivity contribution in [2.24, 2.45) is 0 Å². The molecule has 1 aromatic heterocycles. The fourth-order valence-corrected chi connectivity index (χ4v) is 2.21. The first-order valence-electron chi connectivity index (χ1n) is 7.48. The Hall–Kier alpha value is -1.90. The Bertz CT molecular complexity index is 547. The summed E-state index contributed by atoms with van der Waals surface area (Å²) >= 11 is 0. The summed E-state index contributed by atoms with van der Waals surface area (Å²) in [6.07, 6.45) is 3.16. The van der Waals surface area contributed by atoms with Crippen molar-refractivity contribution in [2.45, 2.75) is 40.0 Å². The molecule has 0 spiro atoms. The highest BCUT2D eigenvalue weighted by atomic mass is 15.0. The second-order valence-electron chi connectivity index (χ2n) is 4.89. The molecular weight excluding hydrogens is 246 g/mol. The second kappa shape index (κ2) is 7.04. The molecule has 0 aliphatic heterocycles. The van der Waals surface area contributed by atoms with Crippen LogP contribution in [0, 0.1) is 0 Å². The summed E-state index contributed by atoms with van der Waals surface area (Å²) in [6.45, 7) is 7.23. The molecule has 0 saturated heterocycles. The summed E-state index contributed by atoms with van der Waals surface area (Å²) in [6, 6.07) is 10.7. The van der Waals surface area contributed by atoms with E-state index in [1.165, 1.54) is 12.0 Å². The number of nitrogens with one attached hydrogen (secondary N) is 1. The number of benzene rings is 1. The maximum atomic E-state index is 4.63. The van der Waals surface area contributed by atoms with Crippen molar-refractivity contribution in [1.29, 1.82) is 0 Å². The van der Waals surface area contributed by atoms with Crippen LogP contribution in [0.1, 0.15) is 38.6 Å². The highest BCUT2D eigenvalue weighted by molar-refractivity contribution is 5.62. The average molecular weight is 269 g/mol. The van der Waals surface area contributed by atoms with E-state index in [9.17, 15) is 0 Å². The van der Waals surface area contributed by atoms with Crippen molar-refractivity contribution in [2.75, 3.05) is 11.9 Å². The van der Waals surface area contributed by atoms with E-state index in [4.69, 9.17) is 0 Å². The predicted molar refractivity (Wildman–Crippen MR) is 85.0 cm³/mol. The fourth-order valence-electron chi connectivity index (χ4n) is 2.21. The molecule has 106 valence electrons. The summed E-state index contributed by atoms with van der Waals surface area (Å²) in [7, 11) is 0. The Morgan fingerprint density at radius 2 is 1.75 bits per heavy atom. The summed E-state index contributed by atoms with van der Waals surface area (Å²) in [4.78, 5) is 9.12. The van der Waals surface area contributed by atoms with Gasteiger partial charge in [-0.3, -0.25) is 0 Å². The van der Waals surface area contributed by atoms with Crippen LogP contribution in [0.5, 0.6) is 0 Å². The lowest BCUT2D eigenvalue weighted by molar-refractivity contribution is 0.921. The van der Waals surface area contributed by atoms with Crippen LogP contribution in [0.3, 0.4) is 0 Å². The molecule has 2 rings (SSSR count). The van der Waals surface area contributed by atoms with E-state index in [0.717, 1.165) is 42.3 Å². The molecule has 3 nitrogen and oxygen atoms in total. The van der Waals surface area contributed by atoms with E-state index in [-0.39, 0.29) is 0 Å². The summed E-state index contributed by atoms with van der Waals surface area (Å²) in [5.41, 5.74) is 3.53. The smallest absolute Gasteiger partial charge is 0.131 e. The maximum absolute atomic E-state index is 4.63. The zero-order valence-electron chi connectivity index (χ0n) is 12.6. The topological polar surface area (TPSA) is 37.8 Å². The van der Waals surface area contributed by atoms with Crippen LogP contribution in [0.25, 0.3) is 11.3 Å². The van der Waals surface area contributed by atoms with Crippen molar-refractivity contribution in [1.82, 2.24) is 9.97 Å². The third kappa shape index (κ3) is 3.56. The minimum atomic E-state index is 0.847. The monoisotopic (exact) mass is 269 g/mol. The van der Waals surface area contributed by atoms with Crippen molar-refractivity contribution in [3.63, 3.8) is 0 Å². The molecule has 1 N–H and O–H groups in total. The molecule has 1 heterocycles. The first-order valence-corrected chi connectivity index (χ1v) is 7.48. The first kappa shape index (κ1) is 14.5. The van der Waals surface area contributed by atoms with Gasteiger partial charge in [0, 0.05) is 24.6 Å². The van der Waals surface area contributed by atoms with Crippen LogP contribution >= 0.6 is 0 Å². The van der Waals surface area contributed by atoms with Gasteiger partial charge in [-0.05, 0) is 18.9 Å². The van der Waals surface area contributed by atoms with Crippen molar-refractivity contribution >= 4 is 5.82 Å². The average Bonchev–Trinajstić information content (AvgIpc) is 2.48. The second-order valence-corrected chi connectivity index (χ2v) is 4.89. The van der Waals surface area contributed by atoms with Gasteiger partial charge in [0.1, 0.15) is 11.6 Å². The highest BCUT2D eigenvalue weighted by Gasteiger charge is 2.05. The molecule has 0 aliphatic rings. The summed E-state index contributed by atoms with van der Waals surface area (Å²) in [5, 5.41) is 3.27. The number of anilines is 1. The first-order chi connectivity index (χ1) is 9.76. The van der Waals surface area contributed by atoms with Crippen LogP contribution < -0.4 is 5.32 Å². The minimum absolute atomic E-state index is 0.847. The van der Waals surface area contributed by atoms with E-state index in [1.807, 2.05) is 6.07 Å². The van der Waals surface area contributed by atoms with Gasteiger partial charge in [-0.25, -0.2) is 9.97 Å². The van der Waals surface area contributed by atoms with Crippen molar-refractivity contribution in [3.05, 3.63) is 41.7 Å². The van der Waals surface area contributed by atoms with Gasteiger partial charge in [-0.15, -0.1) is 0 Å². The number of aromatic nitrogens is 2. The lowest BCUT2D eigenvalue weighted by Gasteiger charge is -2.09. The third-order valence-electron chi connectivity index (χ3n) is 3.23. The van der Waals surface area contributed by atoms with Crippen LogP contribution in [0.4, 0.5) is 5.82 Å². The molecule has 0 unspecified atom stereocenters. The van der Waals surface area contributed by atoms with Gasteiger partial charge >= 0.3 is 0 Å². The number of hydrogen-bond donors (Lipinski definition) is 1. The Kier molecular flexibility index (Phi) is 5.10. The zero-order valence-corrected chi connectivity index (χ0v) is 12.6. The number of aryl methyl sites for hydroxylation is 2. The van der Waals surface area contributed by atoms with Gasteiger partial charge in [0.15, 0.2) is 0 Å². The van der Waals surface area contributed by atoms with Crippen LogP contribution in [-0.2, 0) is 12.8 Å². The Balaban J connectivity index is 2.32. The van der Waals surface area contributed by atoms with E-state index >= 15 is 0 Å². The molecule has 2 aromatic rings. The third-order valence-corrected chi connectivity index (χ3v) is 3.23. The van der Waals surface area contributed by atoms with E-state index < -0.39 is 0 Å². The molecule has 0 aliphatic carbocycles. The van der Waals surface area contributed by atoms with Crippen LogP contribution in [0.15, 0.2) is 30.3 Å². The quantitative estimate of drug-likeness (QED) is 0.858. The largest absolute Gasteiger partial charge is 0.370 e. The molecule has 0 fully saturated rings. The van der Waals surface area contributed by atoms with E-state index in [0.29, 0.717) is 0 Å². The number of nitrogens with zero attached hydrogens (tertiary/aromatic N) is 2. The summed E-state index contributed by atoms with van der Waals surface area (Å²) < 4.78 is 0. The Morgan fingerprint density at radius 1 is 1.00 bits per heavy atom. The predicted octanol–water partition coefficient (Wildman–Crippen LogP) is 4.09. The molecule has 0 bridgehead atoms. The number of hydrogen-bond acceptors (Lipinski definition) is 3. The molecule has 0 amide bonds. The van der Waals surface area contributed by atoms with Crippen LogP contribution in [0.2, 0.25) is 0 Å². The van der Waals surface area contributed by atoms with Crippen LogP contribution in [-0.4, -0.2) is 16.5 Å². The molecule has 0 atom stereocenters. The van der Waals surface area contributed by atoms with Gasteiger partial charge in [-0.2, -0.15) is 0 Å². The normalized spacial score (nSPS) is 10.6. The van der Waals surface area contributed by atoms with Crippen molar-refractivity contribution in [3.8, 4) is 11.3 Å².